The summed E-state index contributed by atoms with van der Waals surface area (Å²) >= 11 is 11.3. The van der Waals surface area contributed by atoms with E-state index >= 15 is 0 Å². The monoisotopic (exact) mass is 340 g/mol. The van der Waals surface area contributed by atoms with Crippen LogP contribution in [0.3, 0.4) is 0 Å². The molecule has 20 heavy (non-hydrogen) atoms. The normalized spacial score (nSPS) is 13.0. The van der Waals surface area contributed by atoms with Crippen molar-refractivity contribution in [2.75, 3.05) is 16.4 Å². The third-order valence-corrected chi connectivity index (χ3v) is 4.89. The van der Waals surface area contributed by atoms with Crippen LogP contribution in [-0.4, -0.2) is 25.0 Å². The zero-order chi connectivity index (χ0) is 15.5. The number of hydrogen-bond acceptors (Lipinski definition) is 4. The number of hydrogen-bond donors (Lipinski definition) is 1. The number of alkyl halides is 1. The standard InChI is InChI=1S/C11H14Cl2N2O4S/c1-7(5-12)6-20(18,19)14-10-4-9(13)11(15(16)17)3-8(10)2/h3-4,7,14H,5-6H2,1-2H3. The van der Waals surface area contributed by atoms with Crippen LogP contribution in [0.2, 0.25) is 5.02 Å². The van der Waals surface area contributed by atoms with Gasteiger partial charge in [-0.3, -0.25) is 14.8 Å². The average molecular weight is 341 g/mol. The van der Waals surface area contributed by atoms with Gasteiger partial charge in [-0.25, -0.2) is 8.42 Å². The zero-order valence-electron chi connectivity index (χ0n) is 10.9. The van der Waals surface area contributed by atoms with Gasteiger partial charge in [0.15, 0.2) is 0 Å². The van der Waals surface area contributed by atoms with E-state index in [2.05, 4.69) is 4.72 Å². The van der Waals surface area contributed by atoms with Crippen molar-refractivity contribution in [3.63, 3.8) is 0 Å². The van der Waals surface area contributed by atoms with E-state index in [0.29, 0.717) is 5.56 Å². The van der Waals surface area contributed by atoms with Crippen LogP contribution in [0.1, 0.15) is 12.5 Å². The molecule has 1 aromatic rings. The van der Waals surface area contributed by atoms with E-state index in [1.807, 2.05) is 0 Å². The van der Waals surface area contributed by atoms with Crippen LogP contribution in [0.5, 0.6) is 0 Å². The molecule has 0 fully saturated rings. The maximum atomic E-state index is 11.9. The molecular formula is C11H14Cl2N2O4S. The largest absolute Gasteiger partial charge is 0.288 e. The maximum Gasteiger partial charge on any atom is 0.288 e. The molecule has 9 heteroatoms. The van der Waals surface area contributed by atoms with Crippen LogP contribution in [0.15, 0.2) is 12.1 Å². The van der Waals surface area contributed by atoms with Gasteiger partial charge in [-0.1, -0.05) is 18.5 Å². The number of nitro benzene ring substituents is 1. The second-order valence-electron chi connectivity index (χ2n) is 4.52. The summed E-state index contributed by atoms with van der Waals surface area (Å²) in [6.45, 7) is 3.27. The topological polar surface area (TPSA) is 89.3 Å². The molecule has 0 bridgehead atoms. The van der Waals surface area contributed by atoms with Crippen LogP contribution < -0.4 is 4.72 Å². The van der Waals surface area contributed by atoms with Gasteiger partial charge < -0.3 is 0 Å². The first kappa shape index (κ1) is 17.0. The van der Waals surface area contributed by atoms with Crippen LogP contribution in [0.4, 0.5) is 11.4 Å². The van der Waals surface area contributed by atoms with Crippen molar-refractivity contribution in [3.05, 3.63) is 32.8 Å². The summed E-state index contributed by atoms with van der Waals surface area (Å²) in [5.41, 5.74) is 0.381. The summed E-state index contributed by atoms with van der Waals surface area (Å²) in [6, 6.07) is 2.46. The van der Waals surface area contributed by atoms with Crippen molar-refractivity contribution in [1.82, 2.24) is 0 Å². The molecule has 0 amide bonds. The number of nitrogens with zero attached hydrogens (tertiary/aromatic N) is 1. The highest BCUT2D eigenvalue weighted by Crippen LogP contribution is 2.31. The van der Waals surface area contributed by atoms with Crippen molar-refractivity contribution in [2.24, 2.45) is 5.92 Å². The van der Waals surface area contributed by atoms with E-state index in [9.17, 15) is 18.5 Å². The summed E-state index contributed by atoms with van der Waals surface area (Å²) in [6.07, 6.45) is 0. The molecule has 0 saturated heterocycles. The van der Waals surface area contributed by atoms with E-state index < -0.39 is 14.9 Å². The minimum atomic E-state index is -3.58. The second kappa shape index (κ2) is 6.60. The Labute approximate surface area is 127 Å². The molecule has 0 aliphatic heterocycles. The van der Waals surface area contributed by atoms with Gasteiger partial charge in [0, 0.05) is 11.9 Å². The number of aryl methyl sites for hydroxylation is 1. The highest BCUT2D eigenvalue weighted by Gasteiger charge is 2.19. The summed E-state index contributed by atoms with van der Waals surface area (Å²) in [7, 11) is -3.58. The molecule has 0 heterocycles. The van der Waals surface area contributed by atoms with E-state index in [1.54, 1.807) is 13.8 Å². The maximum absolute atomic E-state index is 11.9. The fourth-order valence-electron chi connectivity index (χ4n) is 1.54. The van der Waals surface area contributed by atoms with Gasteiger partial charge in [-0.05, 0) is 24.5 Å². The average Bonchev–Trinajstić information content (AvgIpc) is 2.31. The third-order valence-electron chi connectivity index (χ3n) is 2.52. The lowest BCUT2D eigenvalue weighted by Gasteiger charge is -2.13. The lowest BCUT2D eigenvalue weighted by molar-refractivity contribution is -0.384. The van der Waals surface area contributed by atoms with Crippen LogP contribution in [-0.2, 0) is 10.0 Å². The molecule has 0 spiro atoms. The summed E-state index contributed by atoms with van der Waals surface area (Å²) < 4.78 is 26.2. The molecule has 0 aliphatic carbocycles. The Bertz CT molecular complexity index is 619. The van der Waals surface area contributed by atoms with Crippen LogP contribution >= 0.6 is 23.2 Å². The van der Waals surface area contributed by atoms with Crippen molar-refractivity contribution < 1.29 is 13.3 Å². The van der Waals surface area contributed by atoms with Crippen molar-refractivity contribution in [2.45, 2.75) is 13.8 Å². The second-order valence-corrected chi connectivity index (χ2v) is 7.00. The predicted octanol–water partition coefficient (Wildman–Crippen LogP) is 3.17. The lowest BCUT2D eigenvalue weighted by atomic mass is 10.2. The highest BCUT2D eigenvalue weighted by molar-refractivity contribution is 7.92. The van der Waals surface area contributed by atoms with Gasteiger partial charge in [-0.15, -0.1) is 11.6 Å². The summed E-state index contributed by atoms with van der Waals surface area (Å²) in [5.74, 6) is -0.117. The first-order chi connectivity index (χ1) is 9.16. The SMILES string of the molecule is Cc1cc([N+](=O)[O-])c(Cl)cc1NS(=O)(=O)CC(C)CCl. The molecule has 1 atom stereocenters. The van der Waals surface area contributed by atoms with Gasteiger partial charge in [0.25, 0.3) is 5.69 Å². The first-order valence-corrected chi connectivity index (χ1v) is 8.23. The smallest absolute Gasteiger partial charge is 0.283 e. The van der Waals surface area contributed by atoms with Crippen LogP contribution in [0, 0.1) is 23.0 Å². The van der Waals surface area contributed by atoms with Gasteiger partial charge in [0.1, 0.15) is 5.02 Å². The Morgan fingerprint density at radius 3 is 2.55 bits per heavy atom. The van der Waals surface area contributed by atoms with Crippen molar-refractivity contribution >= 4 is 44.6 Å². The Morgan fingerprint density at radius 2 is 2.05 bits per heavy atom. The molecule has 0 radical (unpaired) electrons. The van der Waals surface area contributed by atoms with Crippen molar-refractivity contribution in [1.29, 1.82) is 0 Å². The van der Waals surface area contributed by atoms with E-state index in [0.717, 1.165) is 0 Å². The van der Waals surface area contributed by atoms with E-state index in [1.165, 1.54) is 12.1 Å². The van der Waals surface area contributed by atoms with E-state index in [4.69, 9.17) is 23.2 Å². The van der Waals surface area contributed by atoms with Gasteiger partial charge in [0.05, 0.1) is 16.4 Å². The molecule has 0 aromatic heterocycles. The zero-order valence-corrected chi connectivity index (χ0v) is 13.2. The number of halogens is 2. The quantitative estimate of drug-likeness (QED) is 0.489. The Kier molecular flexibility index (Phi) is 5.61. The summed E-state index contributed by atoms with van der Waals surface area (Å²) in [4.78, 5) is 10.1. The lowest BCUT2D eigenvalue weighted by Crippen LogP contribution is -2.22. The number of sulfonamides is 1. The molecule has 1 N–H and O–H groups in total. The molecule has 1 unspecified atom stereocenters. The number of anilines is 1. The molecule has 1 aromatic carbocycles. The fraction of sp³-hybridized carbons (Fsp3) is 0.455. The highest BCUT2D eigenvalue weighted by atomic mass is 35.5. The third kappa shape index (κ3) is 4.50. The van der Waals surface area contributed by atoms with Gasteiger partial charge in [-0.2, -0.15) is 0 Å². The van der Waals surface area contributed by atoms with Gasteiger partial charge >= 0.3 is 0 Å². The molecule has 112 valence electrons. The Morgan fingerprint density at radius 1 is 1.45 bits per heavy atom. The first-order valence-electron chi connectivity index (χ1n) is 5.67. The summed E-state index contributed by atoms with van der Waals surface area (Å²) in [5, 5.41) is 10.6. The van der Waals surface area contributed by atoms with Crippen LogP contribution in [0.25, 0.3) is 0 Å². The fourth-order valence-corrected chi connectivity index (χ4v) is 3.52. The number of nitro groups is 1. The predicted molar refractivity (Wildman–Crippen MR) is 80.1 cm³/mol. The number of benzene rings is 1. The van der Waals surface area contributed by atoms with Gasteiger partial charge in [0.2, 0.25) is 10.0 Å². The molecule has 0 aliphatic rings. The molecule has 6 nitrogen and oxygen atoms in total. The minimum Gasteiger partial charge on any atom is -0.283 e. The number of rotatable bonds is 6. The van der Waals surface area contributed by atoms with E-state index in [-0.39, 0.29) is 33.9 Å². The van der Waals surface area contributed by atoms with Crippen molar-refractivity contribution in [3.8, 4) is 0 Å². The Balaban J connectivity index is 3.05. The molecule has 1 rings (SSSR count). The molecular weight excluding hydrogens is 327 g/mol. The number of nitrogens with one attached hydrogen (secondary N) is 1. The molecule has 0 saturated carbocycles. The minimum absolute atomic E-state index is 0.122. The Hall–Kier alpha value is -1.05.